The Hall–Kier alpha value is -1.65. The Morgan fingerprint density at radius 2 is 2.18 bits per heavy atom. The van der Waals surface area contributed by atoms with E-state index in [1.54, 1.807) is 12.3 Å². The molecule has 2 N–H and O–H groups in total. The third kappa shape index (κ3) is 4.01. The van der Waals surface area contributed by atoms with Gasteiger partial charge in [0.15, 0.2) is 0 Å². The van der Waals surface area contributed by atoms with Crippen LogP contribution in [0.15, 0.2) is 18.6 Å². The zero-order valence-electron chi connectivity index (χ0n) is 9.85. The van der Waals surface area contributed by atoms with Gasteiger partial charge < -0.3 is 10.6 Å². The van der Waals surface area contributed by atoms with Gasteiger partial charge in [0.1, 0.15) is 6.33 Å². The molecule has 0 aromatic carbocycles. The molecular formula is C12H18N4O. The average molecular weight is 234 g/mol. The summed E-state index contributed by atoms with van der Waals surface area (Å²) >= 11 is 0. The van der Waals surface area contributed by atoms with E-state index in [-0.39, 0.29) is 6.03 Å². The Kier molecular flexibility index (Phi) is 4.30. The van der Waals surface area contributed by atoms with E-state index in [0.29, 0.717) is 12.6 Å². The van der Waals surface area contributed by atoms with Gasteiger partial charge in [-0.05, 0) is 18.9 Å². The van der Waals surface area contributed by atoms with Gasteiger partial charge in [0.25, 0.3) is 0 Å². The van der Waals surface area contributed by atoms with Crippen molar-refractivity contribution in [2.24, 2.45) is 0 Å². The number of carbonyl (C=O) groups excluding carboxylic acids is 1. The van der Waals surface area contributed by atoms with Gasteiger partial charge in [0.2, 0.25) is 0 Å². The lowest BCUT2D eigenvalue weighted by molar-refractivity contribution is 0.232. The molecule has 1 heterocycles. The summed E-state index contributed by atoms with van der Waals surface area (Å²) in [7, 11) is 0. The molecule has 92 valence electrons. The van der Waals surface area contributed by atoms with Gasteiger partial charge in [-0.25, -0.2) is 14.8 Å². The second-order valence-corrected chi connectivity index (χ2v) is 4.36. The third-order valence-corrected chi connectivity index (χ3v) is 3.01. The first kappa shape index (κ1) is 11.8. The number of rotatable bonds is 3. The molecule has 5 heteroatoms. The van der Waals surface area contributed by atoms with Gasteiger partial charge in [0.05, 0.1) is 12.2 Å². The first-order chi connectivity index (χ1) is 8.34. The number of amides is 2. The minimum atomic E-state index is -0.101. The van der Waals surface area contributed by atoms with Crippen molar-refractivity contribution in [2.75, 3.05) is 0 Å². The summed E-state index contributed by atoms with van der Waals surface area (Å²) in [6, 6.07) is 2.03. The van der Waals surface area contributed by atoms with Crippen molar-refractivity contribution < 1.29 is 4.79 Å². The molecular weight excluding hydrogens is 216 g/mol. The van der Waals surface area contributed by atoms with E-state index in [0.717, 1.165) is 18.5 Å². The topological polar surface area (TPSA) is 66.9 Å². The highest BCUT2D eigenvalue weighted by molar-refractivity contribution is 5.74. The molecule has 2 amide bonds. The monoisotopic (exact) mass is 234 g/mol. The first-order valence-corrected chi connectivity index (χ1v) is 6.14. The van der Waals surface area contributed by atoms with Crippen LogP contribution in [0.4, 0.5) is 4.79 Å². The van der Waals surface area contributed by atoms with E-state index >= 15 is 0 Å². The first-order valence-electron chi connectivity index (χ1n) is 6.14. The second kappa shape index (κ2) is 6.18. The molecule has 0 spiro atoms. The molecule has 0 radical (unpaired) electrons. The van der Waals surface area contributed by atoms with Crippen molar-refractivity contribution in [3.8, 4) is 0 Å². The maximum absolute atomic E-state index is 11.6. The maximum atomic E-state index is 11.6. The number of urea groups is 1. The highest BCUT2D eigenvalue weighted by Gasteiger charge is 2.15. The van der Waals surface area contributed by atoms with Crippen LogP contribution in [0.5, 0.6) is 0 Å². The number of nitrogens with one attached hydrogen (secondary N) is 2. The number of aromatic nitrogens is 2. The van der Waals surface area contributed by atoms with E-state index in [1.165, 1.54) is 25.6 Å². The molecule has 1 fully saturated rings. The molecule has 1 aliphatic carbocycles. The fourth-order valence-corrected chi connectivity index (χ4v) is 2.08. The standard InChI is InChI=1S/C12H18N4O/c17-12(16-10-4-2-1-3-5-10)14-8-11-6-7-13-9-15-11/h6-7,9-10H,1-5,8H2,(H2,14,16,17). The van der Waals surface area contributed by atoms with Crippen LogP contribution in [-0.4, -0.2) is 22.0 Å². The number of nitrogens with zero attached hydrogens (tertiary/aromatic N) is 2. The van der Waals surface area contributed by atoms with E-state index in [4.69, 9.17) is 0 Å². The zero-order chi connectivity index (χ0) is 11.9. The number of hydrogen-bond donors (Lipinski definition) is 2. The van der Waals surface area contributed by atoms with E-state index < -0.39 is 0 Å². The molecule has 0 atom stereocenters. The van der Waals surface area contributed by atoms with Gasteiger partial charge in [-0.1, -0.05) is 19.3 Å². The van der Waals surface area contributed by atoms with Crippen molar-refractivity contribution in [2.45, 2.75) is 44.7 Å². The molecule has 1 aromatic rings. The molecule has 17 heavy (non-hydrogen) atoms. The summed E-state index contributed by atoms with van der Waals surface area (Å²) in [4.78, 5) is 19.5. The summed E-state index contributed by atoms with van der Waals surface area (Å²) in [5.41, 5.74) is 0.818. The van der Waals surface area contributed by atoms with Crippen LogP contribution in [0.1, 0.15) is 37.8 Å². The molecule has 0 aliphatic heterocycles. The SMILES string of the molecule is O=C(NCc1ccncn1)NC1CCCCC1. The van der Waals surface area contributed by atoms with Crippen LogP contribution >= 0.6 is 0 Å². The minimum absolute atomic E-state index is 0.101. The highest BCUT2D eigenvalue weighted by atomic mass is 16.2. The lowest BCUT2D eigenvalue weighted by atomic mass is 9.96. The van der Waals surface area contributed by atoms with Crippen molar-refractivity contribution >= 4 is 6.03 Å². The van der Waals surface area contributed by atoms with Crippen LogP contribution < -0.4 is 10.6 Å². The Bertz CT molecular complexity index is 349. The fourth-order valence-electron chi connectivity index (χ4n) is 2.08. The highest BCUT2D eigenvalue weighted by Crippen LogP contribution is 2.17. The quantitative estimate of drug-likeness (QED) is 0.835. The van der Waals surface area contributed by atoms with Gasteiger partial charge in [-0.15, -0.1) is 0 Å². The zero-order valence-corrected chi connectivity index (χ0v) is 9.85. The lowest BCUT2D eigenvalue weighted by Crippen LogP contribution is -2.42. The summed E-state index contributed by atoms with van der Waals surface area (Å²) in [5.74, 6) is 0. The Morgan fingerprint density at radius 3 is 2.88 bits per heavy atom. The molecule has 0 saturated heterocycles. The summed E-state index contributed by atoms with van der Waals surface area (Å²) in [5, 5.41) is 5.80. The Morgan fingerprint density at radius 1 is 1.35 bits per heavy atom. The van der Waals surface area contributed by atoms with Crippen molar-refractivity contribution in [1.82, 2.24) is 20.6 Å². The van der Waals surface area contributed by atoms with Crippen LogP contribution in [0.3, 0.4) is 0 Å². The number of carbonyl (C=O) groups is 1. The van der Waals surface area contributed by atoms with E-state index in [9.17, 15) is 4.79 Å². The average Bonchev–Trinajstić information content (AvgIpc) is 2.39. The summed E-state index contributed by atoms with van der Waals surface area (Å²) in [6.07, 6.45) is 9.08. The predicted molar refractivity (Wildman–Crippen MR) is 64.3 cm³/mol. The molecule has 2 rings (SSSR count). The molecule has 5 nitrogen and oxygen atoms in total. The Labute approximate surface area is 101 Å². The molecule has 0 unspecified atom stereocenters. The second-order valence-electron chi connectivity index (χ2n) is 4.36. The van der Waals surface area contributed by atoms with E-state index in [1.807, 2.05) is 0 Å². The van der Waals surface area contributed by atoms with Gasteiger partial charge in [0, 0.05) is 12.2 Å². The van der Waals surface area contributed by atoms with Crippen molar-refractivity contribution in [3.63, 3.8) is 0 Å². The maximum Gasteiger partial charge on any atom is 0.315 e. The van der Waals surface area contributed by atoms with Gasteiger partial charge >= 0.3 is 6.03 Å². The molecule has 1 aromatic heterocycles. The molecule has 0 bridgehead atoms. The van der Waals surface area contributed by atoms with Crippen molar-refractivity contribution in [3.05, 3.63) is 24.3 Å². The van der Waals surface area contributed by atoms with Crippen LogP contribution in [0.25, 0.3) is 0 Å². The van der Waals surface area contributed by atoms with Gasteiger partial charge in [-0.3, -0.25) is 0 Å². The van der Waals surface area contributed by atoms with Crippen LogP contribution in [0, 0.1) is 0 Å². The van der Waals surface area contributed by atoms with Crippen LogP contribution in [-0.2, 0) is 6.54 Å². The summed E-state index contributed by atoms with van der Waals surface area (Å²) < 4.78 is 0. The number of hydrogen-bond acceptors (Lipinski definition) is 3. The largest absolute Gasteiger partial charge is 0.335 e. The van der Waals surface area contributed by atoms with Crippen molar-refractivity contribution in [1.29, 1.82) is 0 Å². The Balaban J connectivity index is 1.70. The molecule has 1 saturated carbocycles. The van der Waals surface area contributed by atoms with E-state index in [2.05, 4.69) is 20.6 Å². The molecule has 1 aliphatic rings. The smallest absolute Gasteiger partial charge is 0.315 e. The van der Waals surface area contributed by atoms with Gasteiger partial charge in [-0.2, -0.15) is 0 Å². The van der Waals surface area contributed by atoms with Crippen LogP contribution in [0.2, 0.25) is 0 Å². The third-order valence-electron chi connectivity index (χ3n) is 3.01. The minimum Gasteiger partial charge on any atom is -0.335 e. The normalized spacial score (nSPS) is 16.5. The lowest BCUT2D eigenvalue weighted by Gasteiger charge is -2.22. The summed E-state index contributed by atoms with van der Waals surface area (Å²) in [6.45, 7) is 0.446. The predicted octanol–water partition coefficient (Wildman–Crippen LogP) is 1.61. The fraction of sp³-hybridized carbons (Fsp3) is 0.583.